The maximum Gasteiger partial charge on any atom is 0.0761 e. The molecule has 0 spiro atoms. The number of benzene rings is 1. The molecule has 2 atom stereocenters. The number of hydrogen-bond acceptors (Lipinski definition) is 2. The second-order valence-corrected chi connectivity index (χ2v) is 6.95. The van der Waals surface area contributed by atoms with E-state index in [1.807, 2.05) is 0 Å². The van der Waals surface area contributed by atoms with Gasteiger partial charge in [0.15, 0.2) is 0 Å². The summed E-state index contributed by atoms with van der Waals surface area (Å²) in [7, 11) is 0. The number of rotatable bonds is 3. The van der Waals surface area contributed by atoms with Crippen molar-refractivity contribution in [3.8, 4) is 0 Å². The van der Waals surface area contributed by atoms with Gasteiger partial charge in [0.1, 0.15) is 0 Å². The van der Waals surface area contributed by atoms with E-state index in [9.17, 15) is 5.11 Å². The lowest BCUT2D eigenvalue weighted by atomic mass is 9.78. The predicted octanol–water partition coefficient (Wildman–Crippen LogP) is 4.59. The van der Waals surface area contributed by atoms with Crippen LogP contribution in [0.15, 0.2) is 0 Å². The summed E-state index contributed by atoms with van der Waals surface area (Å²) in [4.78, 5) is 0. The quantitative estimate of drug-likeness (QED) is 0.853. The van der Waals surface area contributed by atoms with Crippen LogP contribution >= 0.6 is 12.4 Å². The van der Waals surface area contributed by atoms with Crippen molar-refractivity contribution in [1.82, 2.24) is 0 Å². The zero-order valence-corrected chi connectivity index (χ0v) is 15.5. The molecular weight excluding hydrogens is 294 g/mol. The molecule has 2 nitrogen and oxygen atoms in total. The summed E-state index contributed by atoms with van der Waals surface area (Å²) < 4.78 is 0. The van der Waals surface area contributed by atoms with Gasteiger partial charge in [-0.15, -0.1) is 12.4 Å². The van der Waals surface area contributed by atoms with Gasteiger partial charge in [0, 0.05) is 0 Å². The Morgan fingerprint density at radius 1 is 0.818 bits per heavy atom. The van der Waals surface area contributed by atoms with Gasteiger partial charge < -0.3 is 10.8 Å². The Morgan fingerprint density at radius 3 is 1.68 bits per heavy atom. The number of halogens is 1. The first kappa shape index (κ1) is 19.5. The van der Waals surface area contributed by atoms with Crippen LogP contribution in [-0.2, 0) is 0 Å². The second-order valence-electron chi connectivity index (χ2n) is 6.95. The minimum absolute atomic E-state index is 0. The zero-order chi connectivity index (χ0) is 15.7. The molecule has 0 amide bonds. The number of hydrogen-bond donors (Lipinski definition) is 2. The highest BCUT2D eigenvalue weighted by Crippen LogP contribution is 2.36. The maximum atomic E-state index is 10.8. The van der Waals surface area contributed by atoms with Gasteiger partial charge in [-0.3, -0.25) is 0 Å². The average molecular weight is 326 g/mol. The van der Waals surface area contributed by atoms with E-state index in [-0.39, 0.29) is 18.4 Å². The van der Waals surface area contributed by atoms with Gasteiger partial charge in [0.25, 0.3) is 0 Å². The van der Waals surface area contributed by atoms with E-state index in [0.717, 1.165) is 12.8 Å². The van der Waals surface area contributed by atoms with E-state index in [2.05, 4.69) is 34.6 Å². The van der Waals surface area contributed by atoms with E-state index in [1.54, 1.807) is 0 Å². The van der Waals surface area contributed by atoms with Gasteiger partial charge in [-0.1, -0.05) is 19.3 Å². The van der Waals surface area contributed by atoms with Crippen LogP contribution in [0.25, 0.3) is 0 Å². The molecule has 1 aliphatic carbocycles. The van der Waals surface area contributed by atoms with E-state index in [4.69, 9.17) is 5.73 Å². The van der Waals surface area contributed by atoms with Crippen molar-refractivity contribution < 1.29 is 5.11 Å². The van der Waals surface area contributed by atoms with E-state index in [0.29, 0.717) is 5.92 Å². The van der Waals surface area contributed by atoms with Crippen LogP contribution < -0.4 is 5.73 Å². The third kappa shape index (κ3) is 3.50. The molecule has 1 fully saturated rings. The average Bonchev–Trinajstić information content (AvgIpc) is 2.51. The van der Waals surface area contributed by atoms with E-state index >= 15 is 0 Å². The Kier molecular flexibility index (Phi) is 6.91. The van der Waals surface area contributed by atoms with Crippen LogP contribution in [0.4, 0.5) is 0 Å². The first-order chi connectivity index (χ1) is 9.86. The lowest BCUT2D eigenvalue weighted by molar-refractivity contribution is 0.0614. The first-order valence-electron chi connectivity index (χ1n) is 8.36. The molecule has 2 rings (SSSR count). The smallest absolute Gasteiger partial charge is 0.0761 e. The molecule has 1 aliphatic rings. The van der Waals surface area contributed by atoms with Gasteiger partial charge in [-0.25, -0.2) is 0 Å². The van der Waals surface area contributed by atoms with Gasteiger partial charge in [0.05, 0.1) is 12.1 Å². The molecule has 0 aliphatic heterocycles. The minimum atomic E-state index is -0.413. The van der Waals surface area contributed by atoms with Crippen LogP contribution in [0.5, 0.6) is 0 Å². The van der Waals surface area contributed by atoms with Crippen molar-refractivity contribution in [2.45, 2.75) is 78.9 Å². The monoisotopic (exact) mass is 325 g/mol. The number of aliphatic hydroxyl groups excluding tert-OH is 1. The molecule has 0 heterocycles. The third-order valence-corrected chi connectivity index (χ3v) is 5.89. The van der Waals surface area contributed by atoms with Gasteiger partial charge in [0.2, 0.25) is 0 Å². The molecular formula is C19H32ClNO. The molecule has 126 valence electrons. The lowest BCUT2D eigenvalue weighted by Crippen LogP contribution is -2.35. The fourth-order valence-corrected chi connectivity index (χ4v) is 3.97. The number of nitrogens with two attached hydrogens (primary N) is 1. The lowest BCUT2D eigenvalue weighted by Gasteiger charge is -2.33. The SMILES string of the molecule is Cc1c(C)c(C)c([C@H](N)[C@H](O)C2CCCCC2)c(C)c1C.Cl. The molecule has 22 heavy (non-hydrogen) atoms. The van der Waals surface area contributed by atoms with Crippen molar-refractivity contribution in [2.75, 3.05) is 0 Å². The summed E-state index contributed by atoms with van der Waals surface area (Å²) in [6.45, 7) is 10.8. The fraction of sp³-hybridized carbons (Fsp3) is 0.684. The highest BCUT2D eigenvalue weighted by molar-refractivity contribution is 5.85. The predicted molar refractivity (Wildman–Crippen MR) is 96.9 cm³/mol. The second kappa shape index (κ2) is 7.81. The number of aliphatic hydroxyl groups is 1. The largest absolute Gasteiger partial charge is 0.391 e. The molecule has 0 radical (unpaired) electrons. The van der Waals surface area contributed by atoms with Gasteiger partial charge in [-0.2, -0.15) is 0 Å². The van der Waals surface area contributed by atoms with Crippen LogP contribution in [0.1, 0.15) is 71.5 Å². The molecule has 0 saturated heterocycles. The molecule has 0 bridgehead atoms. The van der Waals surface area contributed by atoms with E-state index in [1.165, 1.54) is 52.6 Å². The molecule has 1 saturated carbocycles. The highest BCUT2D eigenvalue weighted by Gasteiger charge is 2.30. The highest BCUT2D eigenvalue weighted by atomic mass is 35.5. The van der Waals surface area contributed by atoms with Gasteiger partial charge >= 0.3 is 0 Å². The van der Waals surface area contributed by atoms with Crippen molar-refractivity contribution in [3.63, 3.8) is 0 Å². The topological polar surface area (TPSA) is 46.2 Å². The molecule has 0 unspecified atom stereocenters. The normalized spacial score (nSPS) is 18.7. The van der Waals surface area contributed by atoms with Crippen molar-refractivity contribution in [2.24, 2.45) is 11.7 Å². The van der Waals surface area contributed by atoms with Crippen LogP contribution in [0.3, 0.4) is 0 Å². The van der Waals surface area contributed by atoms with E-state index < -0.39 is 6.10 Å². The molecule has 0 aromatic heterocycles. The Bertz CT molecular complexity index is 492. The molecule has 1 aromatic rings. The zero-order valence-electron chi connectivity index (χ0n) is 14.7. The Morgan fingerprint density at radius 2 is 1.23 bits per heavy atom. The summed E-state index contributed by atoms with van der Waals surface area (Å²) in [5.74, 6) is 0.370. The Balaban J connectivity index is 0.00000242. The van der Waals surface area contributed by atoms with Crippen molar-refractivity contribution >= 4 is 12.4 Å². The van der Waals surface area contributed by atoms with Gasteiger partial charge in [-0.05, 0) is 86.8 Å². The van der Waals surface area contributed by atoms with Crippen LogP contribution in [0.2, 0.25) is 0 Å². The molecule has 3 N–H and O–H groups in total. The molecule has 3 heteroatoms. The molecule has 1 aromatic carbocycles. The Hall–Kier alpha value is -0.570. The van der Waals surface area contributed by atoms with Crippen LogP contribution in [0, 0.1) is 40.5 Å². The minimum Gasteiger partial charge on any atom is -0.391 e. The first-order valence-corrected chi connectivity index (χ1v) is 8.36. The van der Waals surface area contributed by atoms with Crippen molar-refractivity contribution in [1.29, 1.82) is 0 Å². The summed E-state index contributed by atoms with van der Waals surface area (Å²) in [6, 6.07) is -0.258. The Labute approximate surface area is 141 Å². The standard InChI is InChI=1S/C19H31NO.ClH/c1-11-12(2)14(4)17(15(5)13(11)3)18(20)19(21)16-9-7-6-8-10-16;/h16,18-19,21H,6-10,20H2,1-5H3;1H/t18-,19+;/m0./s1. The third-order valence-electron chi connectivity index (χ3n) is 5.89. The summed E-state index contributed by atoms with van der Waals surface area (Å²) in [5.41, 5.74) is 14.2. The maximum absolute atomic E-state index is 10.8. The van der Waals surface area contributed by atoms with Crippen molar-refractivity contribution in [3.05, 3.63) is 33.4 Å². The summed E-state index contributed by atoms with van der Waals surface area (Å²) in [5, 5.41) is 10.8. The summed E-state index contributed by atoms with van der Waals surface area (Å²) >= 11 is 0. The summed E-state index contributed by atoms with van der Waals surface area (Å²) in [6.07, 6.45) is 5.60. The fourth-order valence-electron chi connectivity index (χ4n) is 3.97. The van der Waals surface area contributed by atoms with Crippen LogP contribution in [-0.4, -0.2) is 11.2 Å².